The molecule has 2 N–H and O–H groups in total. The molecule has 0 aliphatic carbocycles. The van der Waals surface area contributed by atoms with E-state index in [-0.39, 0.29) is 18.8 Å². The second-order valence-corrected chi connectivity index (χ2v) is 6.38. The van der Waals surface area contributed by atoms with E-state index in [4.69, 9.17) is 23.7 Å². The standard InChI is InChI=1S/C20H24O7/c1-23-13-7-5-12(6-8-13)10-20(22)11-27-14-9-15(24-2)17(25-3)18(26-4)16(14)19(20)21/h5-9,19,21-22H,10-11H2,1-4H3. The Morgan fingerprint density at radius 3 is 2.22 bits per heavy atom. The lowest BCUT2D eigenvalue weighted by molar-refractivity contribution is -0.115. The molecule has 7 heteroatoms. The largest absolute Gasteiger partial charge is 0.497 e. The summed E-state index contributed by atoms with van der Waals surface area (Å²) in [6, 6.07) is 8.90. The molecule has 7 nitrogen and oxygen atoms in total. The average Bonchev–Trinajstić information content (AvgIpc) is 2.70. The summed E-state index contributed by atoms with van der Waals surface area (Å²) in [6.07, 6.45) is -1.05. The maximum Gasteiger partial charge on any atom is 0.203 e. The number of ether oxygens (including phenoxy) is 5. The molecule has 146 valence electrons. The third-order valence-electron chi connectivity index (χ3n) is 4.76. The van der Waals surface area contributed by atoms with Crippen molar-refractivity contribution < 1.29 is 33.9 Å². The highest BCUT2D eigenvalue weighted by atomic mass is 16.5. The van der Waals surface area contributed by atoms with Crippen molar-refractivity contribution in [1.82, 2.24) is 0 Å². The fraction of sp³-hybridized carbons (Fsp3) is 0.400. The smallest absolute Gasteiger partial charge is 0.203 e. The minimum Gasteiger partial charge on any atom is -0.497 e. The van der Waals surface area contributed by atoms with E-state index in [1.807, 2.05) is 12.1 Å². The molecule has 0 radical (unpaired) electrons. The first-order valence-corrected chi connectivity index (χ1v) is 8.46. The zero-order valence-electron chi connectivity index (χ0n) is 15.8. The van der Waals surface area contributed by atoms with Gasteiger partial charge in [-0.15, -0.1) is 0 Å². The van der Waals surface area contributed by atoms with Crippen LogP contribution in [0, 0.1) is 0 Å². The van der Waals surface area contributed by atoms with Crippen molar-refractivity contribution in [2.45, 2.75) is 18.1 Å². The third kappa shape index (κ3) is 3.36. The van der Waals surface area contributed by atoms with Crippen molar-refractivity contribution in [3.8, 4) is 28.7 Å². The molecule has 27 heavy (non-hydrogen) atoms. The summed E-state index contributed by atoms with van der Waals surface area (Å²) >= 11 is 0. The lowest BCUT2D eigenvalue weighted by atomic mass is 9.83. The minimum atomic E-state index is -1.53. The quantitative estimate of drug-likeness (QED) is 0.799. The Bertz CT molecular complexity index is 803. The highest BCUT2D eigenvalue weighted by Gasteiger charge is 2.45. The van der Waals surface area contributed by atoms with Crippen molar-refractivity contribution in [2.75, 3.05) is 35.0 Å². The number of aliphatic hydroxyl groups excluding tert-OH is 1. The molecule has 2 unspecified atom stereocenters. The van der Waals surface area contributed by atoms with Crippen molar-refractivity contribution in [3.63, 3.8) is 0 Å². The highest BCUT2D eigenvalue weighted by molar-refractivity contribution is 5.63. The van der Waals surface area contributed by atoms with Gasteiger partial charge in [-0.3, -0.25) is 0 Å². The summed E-state index contributed by atoms with van der Waals surface area (Å²) in [5.74, 6) is 2.12. The molecule has 2 aromatic rings. The normalized spacial score (nSPS) is 21.0. The number of methoxy groups -OCH3 is 4. The molecule has 1 aliphatic heterocycles. The molecule has 0 spiro atoms. The van der Waals surface area contributed by atoms with E-state index >= 15 is 0 Å². The number of fused-ring (bicyclic) bond motifs is 1. The Morgan fingerprint density at radius 2 is 1.67 bits per heavy atom. The van der Waals surface area contributed by atoms with Gasteiger partial charge in [0.1, 0.15) is 29.8 Å². The highest BCUT2D eigenvalue weighted by Crippen LogP contribution is 2.52. The third-order valence-corrected chi connectivity index (χ3v) is 4.76. The van der Waals surface area contributed by atoms with Gasteiger partial charge in [-0.25, -0.2) is 0 Å². The van der Waals surface area contributed by atoms with Crippen LogP contribution in [0.5, 0.6) is 28.7 Å². The first kappa shape index (κ1) is 19.1. The maximum atomic E-state index is 11.1. The molecule has 2 aromatic carbocycles. The summed E-state index contributed by atoms with van der Waals surface area (Å²) in [4.78, 5) is 0. The zero-order valence-corrected chi connectivity index (χ0v) is 15.8. The van der Waals surface area contributed by atoms with E-state index in [1.54, 1.807) is 25.3 Å². The number of aliphatic hydroxyl groups is 2. The van der Waals surface area contributed by atoms with Crippen LogP contribution in [-0.2, 0) is 6.42 Å². The first-order valence-electron chi connectivity index (χ1n) is 8.46. The maximum absolute atomic E-state index is 11.1. The van der Waals surface area contributed by atoms with Crippen molar-refractivity contribution >= 4 is 0 Å². The van der Waals surface area contributed by atoms with Crippen LogP contribution < -0.4 is 23.7 Å². The Morgan fingerprint density at radius 1 is 1.00 bits per heavy atom. The molecule has 2 atom stereocenters. The molecule has 1 heterocycles. The summed E-state index contributed by atoms with van der Waals surface area (Å²) < 4.78 is 27.0. The fourth-order valence-electron chi connectivity index (χ4n) is 3.33. The van der Waals surface area contributed by atoms with E-state index in [0.29, 0.717) is 22.8 Å². The van der Waals surface area contributed by atoms with E-state index in [0.717, 1.165) is 11.3 Å². The van der Waals surface area contributed by atoms with E-state index < -0.39 is 11.7 Å². The molecular formula is C20H24O7. The SMILES string of the molecule is COc1ccc(CC2(O)COc3cc(OC)c(OC)c(OC)c3C2O)cc1. The van der Waals surface area contributed by atoms with Gasteiger partial charge < -0.3 is 33.9 Å². The predicted octanol–water partition coefficient (Wildman–Crippen LogP) is 2.12. The van der Waals surface area contributed by atoms with Crippen LogP contribution in [0.15, 0.2) is 30.3 Å². The van der Waals surface area contributed by atoms with Gasteiger partial charge in [0.25, 0.3) is 0 Å². The average molecular weight is 376 g/mol. The van der Waals surface area contributed by atoms with E-state index in [1.165, 1.54) is 21.3 Å². The van der Waals surface area contributed by atoms with Crippen molar-refractivity contribution in [3.05, 3.63) is 41.5 Å². The van der Waals surface area contributed by atoms with Crippen LogP contribution >= 0.6 is 0 Å². The molecule has 0 bridgehead atoms. The number of benzene rings is 2. The first-order chi connectivity index (χ1) is 13.0. The number of hydrogen-bond acceptors (Lipinski definition) is 7. The summed E-state index contributed by atoms with van der Waals surface area (Å²) in [7, 11) is 6.03. The number of hydrogen-bond donors (Lipinski definition) is 2. The van der Waals surface area contributed by atoms with Gasteiger partial charge in [-0.1, -0.05) is 12.1 Å². The lowest BCUT2D eigenvalue weighted by Gasteiger charge is -2.39. The molecule has 0 saturated heterocycles. The van der Waals surface area contributed by atoms with Crippen LogP contribution in [0.4, 0.5) is 0 Å². The van der Waals surface area contributed by atoms with Crippen LogP contribution in [0.3, 0.4) is 0 Å². The summed E-state index contributed by atoms with van der Waals surface area (Å²) in [5, 5.41) is 22.1. The van der Waals surface area contributed by atoms with Gasteiger partial charge in [0.15, 0.2) is 11.5 Å². The Balaban J connectivity index is 1.99. The molecule has 1 aliphatic rings. The van der Waals surface area contributed by atoms with Gasteiger partial charge in [-0.05, 0) is 17.7 Å². The molecule has 0 amide bonds. The molecule has 0 aromatic heterocycles. The van der Waals surface area contributed by atoms with Gasteiger partial charge in [0, 0.05) is 12.5 Å². The lowest BCUT2D eigenvalue weighted by Crippen LogP contribution is -2.47. The monoisotopic (exact) mass is 376 g/mol. The number of rotatable bonds is 6. The van der Waals surface area contributed by atoms with Crippen LogP contribution in [-0.4, -0.2) is 50.9 Å². The Labute approximate surface area is 158 Å². The molecule has 0 saturated carbocycles. The van der Waals surface area contributed by atoms with Gasteiger partial charge in [0.05, 0.1) is 34.0 Å². The summed E-state index contributed by atoms with van der Waals surface area (Å²) in [5.41, 5.74) is -0.365. The fourth-order valence-corrected chi connectivity index (χ4v) is 3.33. The van der Waals surface area contributed by atoms with Crippen LogP contribution in [0.25, 0.3) is 0 Å². The zero-order chi connectivity index (χ0) is 19.6. The van der Waals surface area contributed by atoms with E-state index in [9.17, 15) is 10.2 Å². The van der Waals surface area contributed by atoms with Crippen molar-refractivity contribution in [2.24, 2.45) is 0 Å². The molecular weight excluding hydrogens is 352 g/mol. The van der Waals surface area contributed by atoms with Crippen LogP contribution in [0.1, 0.15) is 17.2 Å². The Hall–Kier alpha value is -2.64. The second-order valence-electron chi connectivity index (χ2n) is 6.38. The molecule has 0 fully saturated rings. The van der Waals surface area contributed by atoms with Gasteiger partial charge >= 0.3 is 0 Å². The van der Waals surface area contributed by atoms with Gasteiger partial charge in [-0.2, -0.15) is 0 Å². The van der Waals surface area contributed by atoms with Crippen LogP contribution in [0.2, 0.25) is 0 Å². The topological polar surface area (TPSA) is 86.6 Å². The summed E-state index contributed by atoms with van der Waals surface area (Å²) in [6.45, 7) is -0.0775. The predicted molar refractivity (Wildman–Crippen MR) is 98.2 cm³/mol. The minimum absolute atomic E-state index is 0.0775. The molecule has 3 rings (SSSR count). The Kier molecular flexibility index (Phi) is 5.34. The van der Waals surface area contributed by atoms with Gasteiger partial charge in [0.2, 0.25) is 5.75 Å². The van der Waals surface area contributed by atoms with E-state index in [2.05, 4.69) is 0 Å². The second kappa shape index (κ2) is 7.54. The van der Waals surface area contributed by atoms with Crippen molar-refractivity contribution in [1.29, 1.82) is 0 Å².